The average Bonchev–Trinajstić information content (AvgIpc) is 3.51. The van der Waals surface area contributed by atoms with Gasteiger partial charge in [-0.2, -0.15) is 0 Å². The maximum atomic E-state index is 13.1. The third kappa shape index (κ3) is 2.60. The van der Waals surface area contributed by atoms with Crippen LogP contribution in [0.3, 0.4) is 0 Å². The van der Waals surface area contributed by atoms with Gasteiger partial charge in [0, 0.05) is 50.9 Å². The van der Waals surface area contributed by atoms with Crippen molar-refractivity contribution in [2.24, 2.45) is 11.7 Å². The molecule has 1 unspecified atom stereocenters. The van der Waals surface area contributed by atoms with E-state index >= 15 is 0 Å². The number of nitrogens with two attached hydrogens (primary N) is 1. The maximum absolute atomic E-state index is 13.1. The third-order valence-electron chi connectivity index (χ3n) is 8.71. The molecule has 1 amide bonds. The van der Waals surface area contributed by atoms with E-state index in [-0.39, 0.29) is 11.8 Å². The quantitative estimate of drug-likeness (QED) is 0.583. The van der Waals surface area contributed by atoms with Crippen molar-refractivity contribution < 1.29 is 29.1 Å². The van der Waals surface area contributed by atoms with Gasteiger partial charge < -0.3 is 30.1 Å². The average molecular weight is 443 g/mol. The number of nitrogens with one attached hydrogen (secondary N) is 1. The number of ether oxygens (including phenoxy) is 2. The molecule has 2 heterocycles. The van der Waals surface area contributed by atoms with Gasteiger partial charge in [0.05, 0.1) is 18.5 Å². The summed E-state index contributed by atoms with van der Waals surface area (Å²) in [7, 11) is 1.64. The van der Waals surface area contributed by atoms with Crippen LogP contribution in [-0.4, -0.2) is 72.9 Å². The molecule has 1 saturated heterocycles. The predicted molar refractivity (Wildman–Crippen MR) is 115 cm³/mol. The summed E-state index contributed by atoms with van der Waals surface area (Å²) in [6, 6.07) is 3.85. The van der Waals surface area contributed by atoms with Gasteiger partial charge in [-0.3, -0.25) is 4.79 Å². The molecule has 5 atom stereocenters. The van der Waals surface area contributed by atoms with E-state index in [0.29, 0.717) is 43.9 Å². The Morgan fingerprint density at radius 2 is 2.19 bits per heavy atom. The smallest absolute Gasteiger partial charge is 0.415 e. The number of hydrogen-bond donors (Lipinski definition) is 3. The first-order chi connectivity index (χ1) is 15.4. The summed E-state index contributed by atoms with van der Waals surface area (Å²) in [5.41, 5.74) is 5.87. The van der Waals surface area contributed by atoms with E-state index in [9.17, 15) is 14.7 Å². The number of piperidine rings is 1. The highest BCUT2D eigenvalue weighted by molar-refractivity contribution is 5.90. The van der Waals surface area contributed by atoms with Crippen molar-refractivity contribution in [3.63, 3.8) is 0 Å². The van der Waals surface area contributed by atoms with Crippen LogP contribution in [0.25, 0.3) is 0 Å². The lowest BCUT2D eigenvalue weighted by molar-refractivity contribution is -0.943. The Hall–Kier alpha value is -2.16. The number of carbonyl (C=O) groups is 2. The topological polar surface area (TPSA) is 107 Å². The Morgan fingerprint density at radius 3 is 2.94 bits per heavy atom. The van der Waals surface area contributed by atoms with Gasteiger partial charge in [0.25, 0.3) is 0 Å². The van der Waals surface area contributed by atoms with E-state index < -0.39 is 23.2 Å². The SMILES string of the molecule is CN(CCN)C(=O)Oc1ccc2c3c1O[C@H]1C(=O)CC[C@@]4(O)[C@@H](C2)[NH+](CC2CC2)CC[C@]314. The molecule has 32 heavy (non-hydrogen) atoms. The van der Waals surface area contributed by atoms with Crippen LogP contribution in [0.15, 0.2) is 12.1 Å². The van der Waals surface area contributed by atoms with Crippen LogP contribution in [0.1, 0.15) is 43.2 Å². The van der Waals surface area contributed by atoms with Crippen LogP contribution in [0, 0.1) is 5.92 Å². The molecule has 2 aliphatic heterocycles. The van der Waals surface area contributed by atoms with Gasteiger partial charge in [0.15, 0.2) is 23.4 Å². The molecular formula is C24H32N3O5+. The molecule has 2 bridgehead atoms. The van der Waals surface area contributed by atoms with Crippen LogP contribution >= 0.6 is 0 Å². The summed E-state index contributed by atoms with van der Waals surface area (Å²) >= 11 is 0. The van der Waals surface area contributed by atoms with E-state index in [1.165, 1.54) is 22.6 Å². The second kappa shape index (κ2) is 6.92. The van der Waals surface area contributed by atoms with Crippen LogP contribution in [0.2, 0.25) is 0 Å². The number of carbonyl (C=O) groups excluding carboxylic acids is 2. The number of likely N-dealkylation sites (tertiary alicyclic amines) is 1. The first-order valence-corrected chi connectivity index (χ1v) is 11.9. The van der Waals surface area contributed by atoms with Gasteiger partial charge in [-0.25, -0.2) is 4.79 Å². The van der Waals surface area contributed by atoms with Crippen molar-refractivity contribution in [3.8, 4) is 11.5 Å². The summed E-state index contributed by atoms with van der Waals surface area (Å²) in [4.78, 5) is 28.5. The van der Waals surface area contributed by atoms with Gasteiger partial charge in [-0.1, -0.05) is 6.07 Å². The molecule has 1 aromatic rings. The minimum absolute atomic E-state index is 0.0423. The Balaban J connectivity index is 1.44. The van der Waals surface area contributed by atoms with Gasteiger partial charge in [-0.05, 0) is 30.9 Å². The highest BCUT2D eigenvalue weighted by Gasteiger charge is 2.75. The molecule has 3 aliphatic carbocycles. The van der Waals surface area contributed by atoms with Crippen molar-refractivity contribution in [2.45, 2.75) is 61.7 Å². The van der Waals surface area contributed by atoms with E-state index in [4.69, 9.17) is 15.2 Å². The molecule has 1 spiro atoms. The maximum Gasteiger partial charge on any atom is 0.415 e. The fourth-order valence-corrected chi connectivity index (χ4v) is 7.02. The van der Waals surface area contributed by atoms with Crippen molar-refractivity contribution in [3.05, 3.63) is 23.3 Å². The first kappa shape index (κ1) is 20.4. The molecular weight excluding hydrogens is 410 g/mol. The Kier molecular flexibility index (Phi) is 4.42. The molecule has 4 N–H and O–H groups in total. The molecule has 6 rings (SSSR count). The number of likely N-dealkylation sites (N-methyl/N-ethyl adjacent to an activating group) is 1. The molecule has 8 heteroatoms. The number of ketones is 1. The fraction of sp³-hybridized carbons (Fsp3) is 0.667. The van der Waals surface area contributed by atoms with E-state index in [0.717, 1.165) is 36.6 Å². The number of rotatable bonds is 5. The van der Waals surface area contributed by atoms with Gasteiger partial charge >= 0.3 is 6.09 Å². The monoisotopic (exact) mass is 442 g/mol. The number of amides is 1. The number of aliphatic hydroxyl groups is 1. The molecule has 172 valence electrons. The number of Topliss-reactive ketones (excluding diaryl/α,β-unsaturated/α-hetero) is 1. The molecule has 0 radical (unpaired) electrons. The highest BCUT2D eigenvalue weighted by Crippen LogP contribution is 2.63. The number of benzene rings is 1. The lowest BCUT2D eigenvalue weighted by Crippen LogP contribution is -3.21. The molecule has 3 fully saturated rings. The summed E-state index contributed by atoms with van der Waals surface area (Å²) in [5, 5.41) is 12.3. The van der Waals surface area contributed by atoms with Crippen molar-refractivity contribution >= 4 is 11.9 Å². The van der Waals surface area contributed by atoms with Crippen LogP contribution in [-0.2, 0) is 16.6 Å². The second-order valence-corrected chi connectivity index (χ2v) is 10.4. The summed E-state index contributed by atoms with van der Waals surface area (Å²) in [6.45, 7) is 2.76. The number of hydrogen-bond acceptors (Lipinski definition) is 6. The minimum atomic E-state index is -0.981. The van der Waals surface area contributed by atoms with Crippen LogP contribution in [0.4, 0.5) is 4.79 Å². The van der Waals surface area contributed by atoms with Crippen molar-refractivity contribution in [2.75, 3.05) is 33.2 Å². The molecule has 2 saturated carbocycles. The Labute approximate surface area is 187 Å². The summed E-state index contributed by atoms with van der Waals surface area (Å²) < 4.78 is 12.0. The summed E-state index contributed by atoms with van der Waals surface area (Å²) in [6.07, 6.45) is 3.64. The lowest BCUT2D eigenvalue weighted by atomic mass is 9.49. The highest BCUT2D eigenvalue weighted by atomic mass is 16.6. The molecule has 0 aromatic heterocycles. The summed E-state index contributed by atoms with van der Waals surface area (Å²) in [5.74, 6) is 1.61. The largest absolute Gasteiger partial charge is 0.477 e. The lowest BCUT2D eigenvalue weighted by Gasteiger charge is -2.60. The van der Waals surface area contributed by atoms with Crippen molar-refractivity contribution in [1.29, 1.82) is 0 Å². The van der Waals surface area contributed by atoms with Crippen LogP contribution < -0.4 is 20.1 Å². The van der Waals surface area contributed by atoms with Gasteiger partial charge in [-0.15, -0.1) is 0 Å². The zero-order chi connectivity index (χ0) is 22.3. The molecule has 5 aliphatic rings. The normalized spacial score (nSPS) is 36.3. The zero-order valence-corrected chi connectivity index (χ0v) is 18.6. The minimum Gasteiger partial charge on any atom is -0.477 e. The number of nitrogens with zero attached hydrogens (tertiary/aromatic N) is 1. The van der Waals surface area contributed by atoms with E-state index in [1.54, 1.807) is 13.1 Å². The predicted octanol–water partition coefficient (Wildman–Crippen LogP) is -0.208. The Bertz CT molecular complexity index is 994. The van der Waals surface area contributed by atoms with Crippen molar-refractivity contribution in [1.82, 2.24) is 4.90 Å². The van der Waals surface area contributed by atoms with E-state index in [1.807, 2.05) is 6.07 Å². The standard InChI is InChI=1S/C24H31N3O5/c1-26(11-9-25)22(29)31-17-5-4-15-12-18-24(30)7-6-16(28)21-23(24,19(15)20(17)32-21)8-10-27(18)13-14-2-3-14/h4-5,14,18,21,30H,2-3,6-13,25H2,1H3/p+1/t18-,21+,23+,24-/m1/s1. The van der Waals surface area contributed by atoms with Gasteiger partial charge in [0.2, 0.25) is 0 Å². The molecule has 1 aromatic carbocycles. The zero-order valence-electron chi connectivity index (χ0n) is 18.6. The van der Waals surface area contributed by atoms with E-state index in [2.05, 4.69) is 0 Å². The number of quaternary nitrogens is 1. The van der Waals surface area contributed by atoms with Crippen LogP contribution in [0.5, 0.6) is 11.5 Å². The first-order valence-electron chi connectivity index (χ1n) is 11.9. The molecule has 8 nitrogen and oxygen atoms in total. The Morgan fingerprint density at radius 1 is 1.38 bits per heavy atom. The van der Waals surface area contributed by atoms with Gasteiger partial charge in [0.1, 0.15) is 11.6 Å². The second-order valence-electron chi connectivity index (χ2n) is 10.4. The fourth-order valence-electron chi connectivity index (χ4n) is 7.02. The third-order valence-corrected chi connectivity index (χ3v) is 8.71.